The Kier molecular flexibility index (Phi) is 4.67. The largest absolute Gasteiger partial charge is 0.335 e. The van der Waals surface area contributed by atoms with Gasteiger partial charge in [0.2, 0.25) is 0 Å². The van der Waals surface area contributed by atoms with Crippen LogP contribution in [0.15, 0.2) is 34.5 Å². The van der Waals surface area contributed by atoms with E-state index in [1.54, 1.807) is 0 Å². The minimum atomic E-state index is 0.0971. The standard InChI is InChI=1S/C20H24BrN3O/c1-13-10-14(17-6-7-19-18(17)11-15(21)12-22-19)8-9-24(13)20(25)23-16-4-2-3-5-16/h6,10-13,16H,2-5,7-9H2,1H3,(H,23,25). The van der Waals surface area contributed by atoms with Crippen molar-refractivity contribution in [2.75, 3.05) is 6.54 Å². The lowest BCUT2D eigenvalue weighted by atomic mass is 9.93. The summed E-state index contributed by atoms with van der Waals surface area (Å²) in [7, 11) is 0. The molecular weight excluding hydrogens is 378 g/mol. The molecule has 2 heterocycles. The van der Waals surface area contributed by atoms with E-state index in [2.05, 4.69) is 51.4 Å². The zero-order chi connectivity index (χ0) is 17.4. The van der Waals surface area contributed by atoms with Crippen molar-refractivity contribution in [2.24, 2.45) is 0 Å². The summed E-state index contributed by atoms with van der Waals surface area (Å²) in [4.78, 5) is 19.1. The minimum absolute atomic E-state index is 0.0971. The van der Waals surface area contributed by atoms with Crippen LogP contribution in [0.25, 0.3) is 5.57 Å². The number of pyridine rings is 1. The van der Waals surface area contributed by atoms with Crippen LogP contribution < -0.4 is 5.32 Å². The third kappa shape index (κ3) is 3.39. The number of nitrogens with one attached hydrogen (secondary N) is 1. The highest BCUT2D eigenvalue weighted by Gasteiger charge is 2.28. The molecule has 0 aromatic carbocycles. The number of allylic oxidation sites excluding steroid dienone is 2. The Morgan fingerprint density at radius 3 is 2.92 bits per heavy atom. The fourth-order valence-electron chi connectivity index (χ4n) is 4.22. The van der Waals surface area contributed by atoms with E-state index in [0.717, 1.165) is 42.4 Å². The minimum Gasteiger partial charge on any atom is -0.335 e. The Hall–Kier alpha value is -1.62. The quantitative estimate of drug-likeness (QED) is 0.794. The van der Waals surface area contributed by atoms with Crippen molar-refractivity contribution in [3.63, 3.8) is 0 Å². The highest BCUT2D eigenvalue weighted by atomic mass is 79.9. The fraction of sp³-hybridized carbons (Fsp3) is 0.500. The van der Waals surface area contributed by atoms with Crippen molar-refractivity contribution >= 4 is 27.5 Å². The van der Waals surface area contributed by atoms with E-state index in [-0.39, 0.29) is 12.1 Å². The number of hydrogen-bond acceptors (Lipinski definition) is 2. The zero-order valence-corrected chi connectivity index (χ0v) is 16.2. The van der Waals surface area contributed by atoms with Crippen molar-refractivity contribution in [1.29, 1.82) is 0 Å². The fourth-order valence-corrected chi connectivity index (χ4v) is 4.56. The van der Waals surface area contributed by atoms with Gasteiger partial charge in [-0.2, -0.15) is 0 Å². The van der Waals surface area contributed by atoms with Crippen LogP contribution in [0.3, 0.4) is 0 Å². The summed E-state index contributed by atoms with van der Waals surface area (Å²) in [5.41, 5.74) is 5.02. The maximum absolute atomic E-state index is 12.6. The molecule has 0 spiro atoms. The van der Waals surface area contributed by atoms with Crippen molar-refractivity contribution in [1.82, 2.24) is 15.2 Å². The van der Waals surface area contributed by atoms with E-state index in [9.17, 15) is 4.79 Å². The number of urea groups is 1. The van der Waals surface area contributed by atoms with Gasteiger partial charge >= 0.3 is 6.03 Å². The monoisotopic (exact) mass is 401 g/mol. The number of fused-ring (bicyclic) bond motifs is 1. The average molecular weight is 402 g/mol. The van der Waals surface area contributed by atoms with Crippen LogP contribution in [0.1, 0.15) is 50.3 Å². The lowest BCUT2D eigenvalue weighted by Gasteiger charge is -2.34. The molecule has 5 heteroatoms. The van der Waals surface area contributed by atoms with Crippen LogP contribution in [0.2, 0.25) is 0 Å². The van der Waals surface area contributed by atoms with Gasteiger partial charge in [0.05, 0.1) is 5.69 Å². The van der Waals surface area contributed by atoms with Crippen molar-refractivity contribution in [3.8, 4) is 0 Å². The molecule has 1 N–H and O–H groups in total. The molecule has 2 amide bonds. The Balaban J connectivity index is 1.48. The molecule has 4 rings (SSSR count). The van der Waals surface area contributed by atoms with Crippen molar-refractivity contribution in [3.05, 3.63) is 45.7 Å². The van der Waals surface area contributed by atoms with Gasteiger partial charge < -0.3 is 10.2 Å². The zero-order valence-electron chi connectivity index (χ0n) is 14.6. The molecule has 132 valence electrons. The summed E-state index contributed by atoms with van der Waals surface area (Å²) < 4.78 is 1.01. The maximum Gasteiger partial charge on any atom is 0.318 e. The van der Waals surface area contributed by atoms with Gasteiger partial charge in [-0.1, -0.05) is 25.0 Å². The van der Waals surface area contributed by atoms with E-state index in [4.69, 9.17) is 0 Å². The second-order valence-electron chi connectivity index (χ2n) is 7.28. The molecule has 1 aromatic heterocycles. The predicted molar refractivity (Wildman–Crippen MR) is 103 cm³/mol. The molecule has 1 fully saturated rings. The van der Waals surface area contributed by atoms with Gasteiger partial charge in [0.1, 0.15) is 0 Å². The molecule has 4 nitrogen and oxygen atoms in total. The van der Waals surface area contributed by atoms with Gasteiger partial charge in [0.25, 0.3) is 0 Å². The van der Waals surface area contributed by atoms with Crippen LogP contribution in [-0.4, -0.2) is 34.5 Å². The number of carbonyl (C=O) groups excluding carboxylic acids is 1. The topological polar surface area (TPSA) is 45.2 Å². The number of carbonyl (C=O) groups is 1. The number of amides is 2. The third-order valence-corrected chi connectivity index (χ3v) is 6.01. The van der Waals surface area contributed by atoms with Crippen LogP contribution in [0, 0.1) is 0 Å². The Morgan fingerprint density at radius 2 is 2.16 bits per heavy atom. The molecule has 0 radical (unpaired) electrons. The van der Waals surface area contributed by atoms with Crippen LogP contribution >= 0.6 is 15.9 Å². The first kappa shape index (κ1) is 16.8. The van der Waals surface area contributed by atoms with Gasteiger partial charge in [-0.15, -0.1) is 0 Å². The highest BCUT2D eigenvalue weighted by Crippen LogP contribution is 2.36. The first-order chi connectivity index (χ1) is 12.1. The summed E-state index contributed by atoms with van der Waals surface area (Å²) in [5.74, 6) is 0. The van der Waals surface area contributed by atoms with E-state index < -0.39 is 0 Å². The first-order valence-electron chi connectivity index (χ1n) is 9.25. The van der Waals surface area contributed by atoms with E-state index >= 15 is 0 Å². The van der Waals surface area contributed by atoms with E-state index in [0.29, 0.717) is 6.04 Å². The van der Waals surface area contributed by atoms with Gasteiger partial charge in [0.15, 0.2) is 0 Å². The maximum atomic E-state index is 12.6. The Bertz CT molecular complexity index is 749. The Morgan fingerprint density at radius 1 is 1.36 bits per heavy atom. The summed E-state index contributed by atoms with van der Waals surface area (Å²) in [6.45, 7) is 2.89. The first-order valence-corrected chi connectivity index (χ1v) is 10.0. The van der Waals surface area contributed by atoms with Gasteiger partial charge in [-0.25, -0.2) is 4.79 Å². The molecule has 0 bridgehead atoms. The normalized spacial score (nSPS) is 23.3. The molecule has 1 aromatic rings. The second kappa shape index (κ2) is 6.94. The number of nitrogens with zero attached hydrogens (tertiary/aromatic N) is 2. The van der Waals surface area contributed by atoms with Crippen LogP contribution in [0.5, 0.6) is 0 Å². The predicted octanol–water partition coefficient (Wildman–Crippen LogP) is 4.46. The van der Waals surface area contributed by atoms with Gasteiger partial charge in [-0.3, -0.25) is 4.98 Å². The Labute approximate surface area is 157 Å². The van der Waals surface area contributed by atoms with Gasteiger partial charge in [-0.05, 0) is 59.3 Å². The second-order valence-corrected chi connectivity index (χ2v) is 8.19. The van der Waals surface area contributed by atoms with Crippen LogP contribution in [0.4, 0.5) is 4.79 Å². The number of halogens is 1. The third-order valence-electron chi connectivity index (χ3n) is 5.57. The molecule has 1 atom stereocenters. The lowest BCUT2D eigenvalue weighted by molar-refractivity contribution is 0.183. The summed E-state index contributed by atoms with van der Waals surface area (Å²) >= 11 is 3.53. The van der Waals surface area contributed by atoms with Crippen LogP contribution in [-0.2, 0) is 6.42 Å². The lowest BCUT2D eigenvalue weighted by Crippen LogP contribution is -2.49. The van der Waals surface area contributed by atoms with Crippen molar-refractivity contribution < 1.29 is 4.79 Å². The number of hydrogen-bond donors (Lipinski definition) is 1. The number of aromatic nitrogens is 1. The summed E-state index contributed by atoms with van der Waals surface area (Å²) in [5, 5.41) is 3.21. The molecule has 0 saturated heterocycles. The molecule has 25 heavy (non-hydrogen) atoms. The average Bonchev–Trinajstić information content (AvgIpc) is 3.23. The molecule has 1 saturated carbocycles. The van der Waals surface area contributed by atoms with Gasteiger partial charge in [0, 0.05) is 41.3 Å². The van der Waals surface area contributed by atoms with E-state index in [1.165, 1.54) is 29.6 Å². The summed E-state index contributed by atoms with van der Waals surface area (Å²) in [6, 6.07) is 2.75. The molecule has 1 unspecified atom stereocenters. The SMILES string of the molecule is CC1C=C(C2=CCc3ncc(Br)cc32)CCN1C(=O)NC1CCCC1. The molecule has 2 aliphatic carbocycles. The summed E-state index contributed by atoms with van der Waals surface area (Å²) in [6.07, 6.45) is 12.9. The highest BCUT2D eigenvalue weighted by molar-refractivity contribution is 9.10. The smallest absolute Gasteiger partial charge is 0.318 e. The van der Waals surface area contributed by atoms with E-state index in [1.807, 2.05) is 11.1 Å². The molecular formula is C20H24BrN3O. The molecule has 3 aliphatic rings. The van der Waals surface area contributed by atoms with Crippen molar-refractivity contribution in [2.45, 2.75) is 57.5 Å². The number of rotatable bonds is 2. The molecule has 1 aliphatic heterocycles.